The number of aromatic nitrogens is 2. The predicted molar refractivity (Wildman–Crippen MR) is 90.6 cm³/mol. The molecule has 122 valence electrons. The molecule has 2 aromatic rings. The van der Waals surface area contributed by atoms with E-state index in [1.807, 2.05) is 6.07 Å². The van der Waals surface area contributed by atoms with Crippen LogP contribution < -0.4 is 5.32 Å². The van der Waals surface area contributed by atoms with E-state index >= 15 is 0 Å². The molecular weight excluding hydrogens is 286 g/mol. The van der Waals surface area contributed by atoms with Crippen molar-refractivity contribution >= 4 is 0 Å². The van der Waals surface area contributed by atoms with Gasteiger partial charge in [-0.25, -0.2) is 0 Å². The molecule has 4 nitrogen and oxygen atoms in total. The minimum absolute atomic E-state index is 0.385. The number of fused-ring (bicyclic) bond motifs is 1. The number of phenolic OH excluding ortho intramolecular Hbond substituents is 1. The number of phenols is 1. The van der Waals surface area contributed by atoms with Gasteiger partial charge in [0, 0.05) is 36.8 Å². The summed E-state index contributed by atoms with van der Waals surface area (Å²) in [6.45, 7) is 4.01. The van der Waals surface area contributed by atoms with Gasteiger partial charge in [0.15, 0.2) is 0 Å². The summed E-state index contributed by atoms with van der Waals surface area (Å²) in [5.41, 5.74) is 5.38. The summed E-state index contributed by atoms with van der Waals surface area (Å²) in [4.78, 5) is 0. The molecule has 4 rings (SSSR count). The minimum atomic E-state index is 0.385. The van der Waals surface area contributed by atoms with Crippen molar-refractivity contribution in [1.82, 2.24) is 15.1 Å². The summed E-state index contributed by atoms with van der Waals surface area (Å²) in [7, 11) is 0. The van der Waals surface area contributed by atoms with E-state index in [9.17, 15) is 5.11 Å². The Morgan fingerprint density at radius 1 is 1.26 bits per heavy atom. The minimum Gasteiger partial charge on any atom is -0.508 e. The first kappa shape index (κ1) is 14.8. The number of benzene rings is 1. The summed E-state index contributed by atoms with van der Waals surface area (Å²) >= 11 is 0. The maximum absolute atomic E-state index is 9.60. The van der Waals surface area contributed by atoms with Crippen LogP contribution >= 0.6 is 0 Å². The van der Waals surface area contributed by atoms with E-state index in [-0.39, 0.29) is 0 Å². The molecule has 2 aliphatic carbocycles. The molecular formula is C19H25N3O. The molecule has 0 radical (unpaired) electrons. The lowest BCUT2D eigenvalue weighted by atomic mass is 9.88. The average molecular weight is 311 g/mol. The van der Waals surface area contributed by atoms with Crippen molar-refractivity contribution in [3.8, 4) is 5.75 Å². The molecule has 0 aliphatic heterocycles. The summed E-state index contributed by atoms with van der Waals surface area (Å²) < 4.78 is 2.07. The maximum atomic E-state index is 9.60. The fraction of sp³-hybridized carbons (Fsp3) is 0.526. The smallest absolute Gasteiger partial charge is 0.115 e. The summed E-state index contributed by atoms with van der Waals surface area (Å²) in [5, 5.41) is 18.1. The molecule has 1 aromatic heterocycles. The second kappa shape index (κ2) is 6.00. The van der Waals surface area contributed by atoms with Crippen molar-refractivity contribution < 1.29 is 5.11 Å². The number of hydrogen-bond donors (Lipinski definition) is 2. The molecule has 1 saturated carbocycles. The summed E-state index contributed by atoms with van der Waals surface area (Å²) in [6, 6.07) is 6.31. The van der Waals surface area contributed by atoms with Crippen LogP contribution in [0.1, 0.15) is 54.5 Å². The molecule has 0 bridgehead atoms. The number of hydrogen-bond acceptors (Lipinski definition) is 3. The molecule has 2 aliphatic rings. The SMILES string of the molecule is CCn1cc(CNC2CCc3cc(O)ccc3C2)c(C2CC2)n1. The lowest BCUT2D eigenvalue weighted by molar-refractivity contribution is 0.449. The van der Waals surface area contributed by atoms with Gasteiger partial charge in [-0.15, -0.1) is 0 Å². The van der Waals surface area contributed by atoms with Gasteiger partial charge in [0.25, 0.3) is 0 Å². The van der Waals surface area contributed by atoms with Gasteiger partial charge >= 0.3 is 0 Å². The monoisotopic (exact) mass is 311 g/mol. The third-order valence-electron chi connectivity index (χ3n) is 5.16. The van der Waals surface area contributed by atoms with Crippen LogP contribution in [-0.4, -0.2) is 20.9 Å². The highest BCUT2D eigenvalue weighted by Gasteiger charge is 2.29. The molecule has 1 atom stereocenters. The van der Waals surface area contributed by atoms with Crippen molar-refractivity contribution in [3.63, 3.8) is 0 Å². The summed E-state index contributed by atoms with van der Waals surface area (Å²) in [5.74, 6) is 1.09. The lowest BCUT2D eigenvalue weighted by Crippen LogP contribution is -2.34. The zero-order valence-electron chi connectivity index (χ0n) is 13.8. The fourth-order valence-electron chi connectivity index (χ4n) is 3.65. The predicted octanol–water partition coefficient (Wildman–Crippen LogP) is 3.13. The van der Waals surface area contributed by atoms with Crippen molar-refractivity contribution in [1.29, 1.82) is 0 Å². The molecule has 1 aromatic carbocycles. The van der Waals surface area contributed by atoms with Crippen LogP contribution in [0.4, 0.5) is 0 Å². The van der Waals surface area contributed by atoms with Crippen LogP contribution in [0.3, 0.4) is 0 Å². The van der Waals surface area contributed by atoms with Crippen molar-refractivity contribution in [3.05, 3.63) is 46.8 Å². The van der Waals surface area contributed by atoms with Gasteiger partial charge in [0.1, 0.15) is 5.75 Å². The third-order valence-corrected chi connectivity index (χ3v) is 5.16. The van der Waals surface area contributed by atoms with Crippen molar-refractivity contribution in [2.24, 2.45) is 0 Å². The Bertz CT molecular complexity index is 703. The molecule has 0 saturated heterocycles. The standard InChI is InChI=1S/C19H25N3O/c1-2-22-12-16(19(21-22)13-3-4-13)11-20-17-7-5-15-10-18(23)8-6-14(15)9-17/h6,8,10,12-13,17,20,23H,2-5,7,9,11H2,1H3. The average Bonchev–Trinajstić information content (AvgIpc) is 3.33. The fourth-order valence-corrected chi connectivity index (χ4v) is 3.65. The van der Waals surface area contributed by atoms with E-state index in [2.05, 4.69) is 29.2 Å². The molecule has 1 fully saturated rings. The van der Waals surface area contributed by atoms with E-state index in [4.69, 9.17) is 5.10 Å². The molecule has 0 amide bonds. The quantitative estimate of drug-likeness (QED) is 0.892. The van der Waals surface area contributed by atoms with E-state index < -0.39 is 0 Å². The zero-order valence-corrected chi connectivity index (χ0v) is 13.8. The molecule has 1 heterocycles. The van der Waals surface area contributed by atoms with Gasteiger partial charge in [-0.2, -0.15) is 5.10 Å². The van der Waals surface area contributed by atoms with Crippen LogP contribution in [0.25, 0.3) is 0 Å². The Morgan fingerprint density at radius 3 is 2.91 bits per heavy atom. The van der Waals surface area contributed by atoms with E-state index in [0.29, 0.717) is 17.7 Å². The van der Waals surface area contributed by atoms with Crippen LogP contribution in [0.15, 0.2) is 24.4 Å². The van der Waals surface area contributed by atoms with Crippen molar-refractivity contribution in [2.45, 2.75) is 64.1 Å². The van der Waals surface area contributed by atoms with E-state index in [1.165, 1.54) is 35.2 Å². The second-order valence-electron chi connectivity index (χ2n) is 6.94. The van der Waals surface area contributed by atoms with Crippen LogP contribution in [0, 0.1) is 0 Å². The van der Waals surface area contributed by atoms with Gasteiger partial charge < -0.3 is 10.4 Å². The first-order chi connectivity index (χ1) is 11.2. The van der Waals surface area contributed by atoms with Crippen LogP contribution in [-0.2, 0) is 25.9 Å². The van der Waals surface area contributed by atoms with Gasteiger partial charge in [-0.05, 0) is 62.3 Å². The highest BCUT2D eigenvalue weighted by atomic mass is 16.3. The number of rotatable bonds is 5. The first-order valence-electron chi connectivity index (χ1n) is 8.83. The Balaban J connectivity index is 1.42. The number of aromatic hydroxyl groups is 1. The highest BCUT2D eigenvalue weighted by molar-refractivity contribution is 5.37. The van der Waals surface area contributed by atoms with Gasteiger partial charge in [0.05, 0.1) is 5.69 Å². The van der Waals surface area contributed by atoms with Crippen molar-refractivity contribution in [2.75, 3.05) is 0 Å². The van der Waals surface area contributed by atoms with Crippen LogP contribution in [0.2, 0.25) is 0 Å². The Labute approximate surface area is 137 Å². The highest BCUT2D eigenvalue weighted by Crippen LogP contribution is 2.40. The lowest BCUT2D eigenvalue weighted by Gasteiger charge is -2.25. The Kier molecular flexibility index (Phi) is 3.85. The molecule has 0 spiro atoms. The maximum Gasteiger partial charge on any atom is 0.115 e. The second-order valence-corrected chi connectivity index (χ2v) is 6.94. The molecule has 2 N–H and O–H groups in total. The Morgan fingerprint density at radius 2 is 2.13 bits per heavy atom. The largest absolute Gasteiger partial charge is 0.508 e. The first-order valence-corrected chi connectivity index (χ1v) is 8.83. The molecule has 23 heavy (non-hydrogen) atoms. The number of nitrogens with zero attached hydrogens (tertiary/aromatic N) is 2. The molecule has 4 heteroatoms. The normalized spacial score (nSPS) is 20.5. The van der Waals surface area contributed by atoms with Crippen LogP contribution in [0.5, 0.6) is 5.75 Å². The zero-order chi connectivity index (χ0) is 15.8. The van der Waals surface area contributed by atoms with Gasteiger partial charge in [-0.1, -0.05) is 6.07 Å². The number of aryl methyl sites for hydroxylation is 2. The molecule has 1 unspecified atom stereocenters. The summed E-state index contributed by atoms with van der Waals surface area (Å²) in [6.07, 6.45) is 8.05. The van der Waals surface area contributed by atoms with E-state index in [1.54, 1.807) is 6.07 Å². The van der Waals surface area contributed by atoms with Gasteiger partial charge in [-0.3, -0.25) is 4.68 Å². The topological polar surface area (TPSA) is 50.1 Å². The number of nitrogens with one attached hydrogen (secondary N) is 1. The third kappa shape index (κ3) is 3.13. The van der Waals surface area contributed by atoms with E-state index in [0.717, 1.165) is 32.4 Å². The Hall–Kier alpha value is -1.81. The van der Waals surface area contributed by atoms with Gasteiger partial charge in [0.2, 0.25) is 0 Å².